The third-order valence-corrected chi connectivity index (χ3v) is 7.83. The molecule has 0 aliphatic heterocycles. The molecule has 0 radical (unpaired) electrons. The molecular formula is C33H25Cl2N3O2. The predicted octanol–water partition coefficient (Wildman–Crippen LogP) is 7.61. The average molecular weight is 566 g/mol. The second kappa shape index (κ2) is 10.8. The van der Waals surface area contributed by atoms with Crippen molar-refractivity contribution in [2.75, 3.05) is 7.11 Å². The van der Waals surface area contributed by atoms with Gasteiger partial charge < -0.3 is 14.4 Å². The number of fused-ring (bicyclic) bond motifs is 1. The number of hydrogen-bond donors (Lipinski definition) is 1. The van der Waals surface area contributed by atoms with Gasteiger partial charge in [0.25, 0.3) is 0 Å². The van der Waals surface area contributed by atoms with Gasteiger partial charge in [0.15, 0.2) is 0 Å². The van der Waals surface area contributed by atoms with E-state index in [2.05, 4.69) is 33.8 Å². The molecule has 7 heteroatoms. The van der Waals surface area contributed by atoms with Crippen LogP contribution in [0.15, 0.2) is 116 Å². The summed E-state index contributed by atoms with van der Waals surface area (Å²) < 4.78 is 7.72. The highest BCUT2D eigenvalue weighted by atomic mass is 35.5. The zero-order chi connectivity index (χ0) is 27.7. The maximum Gasteiger partial charge on any atom is 0.218 e. The lowest BCUT2D eigenvalue weighted by atomic mass is 9.80. The maximum atomic E-state index is 12.3. The second-order valence-electron chi connectivity index (χ2n) is 9.54. The molecule has 6 aromatic rings. The quantitative estimate of drug-likeness (QED) is 0.216. The Balaban J connectivity index is 1.46. The van der Waals surface area contributed by atoms with Gasteiger partial charge in [-0.05, 0) is 71.3 Å². The molecule has 0 bridgehead atoms. The minimum absolute atomic E-state index is 0.472. The van der Waals surface area contributed by atoms with E-state index in [4.69, 9.17) is 32.9 Å². The lowest BCUT2D eigenvalue weighted by Gasteiger charge is -2.30. The number of aliphatic hydroxyl groups is 1. The number of pyridine rings is 2. The molecule has 6 rings (SSSR count). The molecular weight excluding hydrogens is 541 g/mol. The largest absolute Gasteiger partial charge is 0.481 e. The van der Waals surface area contributed by atoms with Gasteiger partial charge in [0.1, 0.15) is 5.60 Å². The molecule has 40 heavy (non-hydrogen) atoms. The van der Waals surface area contributed by atoms with E-state index in [0.717, 1.165) is 22.2 Å². The molecule has 0 aliphatic carbocycles. The van der Waals surface area contributed by atoms with E-state index in [1.54, 1.807) is 37.7 Å². The van der Waals surface area contributed by atoms with Crippen LogP contribution >= 0.6 is 23.2 Å². The highest BCUT2D eigenvalue weighted by Crippen LogP contribution is 2.40. The molecule has 0 fully saturated rings. The number of aromatic nitrogens is 3. The molecule has 3 aromatic heterocycles. The van der Waals surface area contributed by atoms with Crippen LogP contribution in [0.4, 0.5) is 0 Å². The summed E-state index contributed by atoms with van der Waals surface area (Å²) in [6, 6.07) is 28.7. The minimum atomic E-state index is -1.50. The normalized spacial score (nSPS) is 12.8. The molecule has 0 amide bonds. The molecule has 5 nitrogen and oxygen atoms in total. The van der Waals surface area contributed by atoms with Gasteiger partial charge in [0.05, 0.1) is 17.6 Å². The summed E-state index contributed by atoms with van der Waals surface area (Å²) in [7, 11) is 1.60. The Morgan fingerprint density at radius 2 is 1.57 bits per heavy atom. The third kappa shape index (κ3) is 4.73. The summed E-state index contributed by atoms with van der Waals surface area (Å²) in [6.45, 7) is 0. The summed E-state index contributed by atoms with van der Waals surface area (Å²) in [5.41, 5.74) is 4.01. The van der Waals surface area contributed by atoms with E-state index >= 15 is 0 Å². The Morgan fingerprint density at radius 1 is 0.850 bits per heavy atom. The van der Waals surface area contributed by atoms with Crippen LogP contribution in [0.3, 0.4) is 0 Å². The second-order valence-corrected chi connectivity index (χ2v) is 10.4. The molecule has 198 valence electrons. The van der Waals surface area contributed by atoms with Crippen LogP contribution in [0, 0.1) is 0 Å². The standard InChI is InChI=1S/C33H25Cl2N3O2/c1-40-32-29(19-22-6-13-27(14-7-22)38-17-2-3-18-38)31(35)28-20-24(10-15-30(28)37-32)33(39,25-5-4-16-36-21-25)23-8-11-26(34)12-9-23/h2-18,20-21,39H,19H2,1H3. The predicted molar refractivity (Wildman–Crippen MR) is 160 cm³/mol. The first-order valence-corrected chi connectivity index (χ1v) is 13.5. The molecule has 1 N–H and O–H groups in total. The third-order valence-electron chi connectivity index (χ3n) is 7.15. The highest BCUT2D eigenvalue weighted by molar-refractivity contribution is 6.36. The molecule has 1 atom stereocenters. The van der Waals surface area contributed by atoms with Crippen molar-refractivity contribution in [2.24, 2.45) is 0 Å². The summed E-state index contributed by atoms with van der Waals surface area (Å²) in [4.78, 5) is 9.03. The minimum Gasteiger partial charge on any atom is -0.481 e. The molecule has 0 saturated carbocycles. The van der Waals surface area contributed by atoms with E-state index in [1.807, 2.05) is 60.9 Å². The fraction of sp³-hybridized carbons (Fsp3) is 0.0909. The maximum absolute atomic E-state index is 12.3. The number of rotatable bonds is 7. The van der Waals surface area contributed by atoms with Crippen LogP contribution in [0.5, 0.6) is 5.88 Å². The fourth-order valence-corrected chi connectivity index (χ4v) is 5.48. The van der Waals surface area contributed by atoms with Crippen LogP contribution in [0.1, 0.15) is 27.8 Å². The van der Waals surface area contributed by atoms with Gasteiger partial charge in [-0.3, -0.25) is 4.98 Å². The van der Waals surface area contributed by atoms with Crippen molar-refractivity contribution >= 4 is 34.1 Å². The van der Waals surface area contributed by atoms with Crippen molar-refractivity contribution in [2.45, 2.75) is 12.0 Å². The molecule has 1 unspecified atom stereocenters. The van der Waals surface area contributed by atoms with E-state index in [-0.39, 0.29) is 0 Å². The molecule has 0 spiro atoms. The Hall–Kier alpha value is -4.16. The number of ether oxygens (including phenoxy) is 1. The number of nitrogens with zero attached hydrogens (tertiary/aromatic N) is 3. The van der Waals surface area contributed by atoms with Gasteiger partial charge in [0, 0.05) is 58.4 Å². The summed E-state index contributed by atoms with van der Waals surface area (Å²) in [6.07, 6.45) is 7.89. The summed E-state index contributed by atoms with van der Waals surface area (Å²) in [5, 5.41) is 14.1. The first-order chi connectivity index (χ1) is 19.5. The van der Waals surface area contributed by atoms with Gasteiger partial charge >= 0.3 is 0 Å². The molecule has 0 aliphatic rings. The first-order valence-electron chi connectivity index (χ1n) is 12.7. The molecule has 0 saturated heterocycles. The number of benzene rings is 3. The SMILES string of the molecule is COc1nc2ccc(C(O)(c3ccc(Cl)cc3)c3cccnc3)cc2c(Cl)c1Cc1ccc(-n2cccc2)cc1. The Labute approximate surface area is 242 Å². The van der Waals surface area contributed by atoms with Crippen molar-refractivity contribution in [3.63, 3.8) is 0 Å². The van der Waals surface area contributed by atoms with Crippen molar-refractivity contribution in [1.82, 2.24) is 14.5 Å². The lowest BCUT2D eigenvalue weighted by molar-refractivity contribution is 0.125. The summed E-state index contributed by atoms with van der Waals surface area (Å²) >= 11 is 13.3. The average Bonchev–Trinajstić information content (AvgIpc) is 3.54. The van der Waals surface area contributed by atoms with Crippen LogP contribution < -0.4 is 4.74 Å². The Morgan fingerprint density at radius 3 is 2.25 bits per heavy atom. The molecule has 3 heterocycles. The van der Waals surface area contributed by atoms with E-state index < -0.39 is 5.60 Å². The van der Waals surface area contributed by atoms with Crippen LogP contribution in [0.2, 0.25) is 10.0 Å². The van der Waals surface area contributed by atoms with Crippen molar-refractivity contribution < 1.29 is 9.84 Å². The van der Waals surface area contributed by atoms with E-state index in [0.29, 0.717) is 44.6 Å². The van der Waals surface area contributed by atoms with Crippen LogP contribution in [0.25, 0.3) is 16.6 Å². The topological polar surface area (TPSA) is 60.2 Å². The van der Waals surface area contributed by atoms with E-state index in [9.17, 15) is 5.11 Å². The zero-order valence-electron chi connectivity index (χ0n) is 21.6. The monoisotopic (exact) mass is 565 g/mol. The summed E-state index contributed by atoms with van der Waals surface area (Å²) in [5.74, 6) is 0.472. The Kier molecular flexibility index (Phi) is 7.03. The number of hydrogen-bond acceptors (Lipinski definition) is 4. The van der Waals surface area contributed by atoms with Gasteiger partial charge in [-0.25, -0.2) is 4.98 Å². The zero-order valence-corrected chi connectivity index (χ0v) is 23.1. The van der Waals surface area contributed by atoms with Crippen molar-refractivity contribution in [3.8, 4) is 11.6 Å². The Bertz CT molecular complexity index is 1770. The van der Waals surface area contributed by atoms with Gasteiger partial charge in [-0.2, -0.15) is 0 Å². The van der Waals surface area contributed by atoms with Gasteiger partial charge in [0.2, 0.25) is 5.88 Å². The van der Waals surface area contributed by atoms with Crippen LogP contribution in [-0.4, -0.2) is 26.8 Å². The van der Waals surface area contributed by atoms with Gasteiger partial charge in [-0.1, -0.05) is 59.6 Å². The van der Waals surface area contributed by atoms with Crippen molar-refractivity contribution in [1.29, 1.82) is 0 Å². The molecule has 3 aromatic carbocycles. The van der Waals surface area contributed by atoms with Crippen LogP contribution in [-0.2, 0) is 12.0 Å². The fourth-order valence-electron chi connectivity index (χ4n) is 5.05. The van der Waals surface area contributed by atoms with Gasteiger partial charge in [-0.15, -0.1) is 0 Å². The van der Waals surface area contributed by atoms with Crippen molar-refractivity contribution in [3.05, 3.63) is 154 Å². The van der Waals surface area contributed by atoms with E-state index in [1.165, 1.54) is 0 Å². The smallest absolute Gasteiger partial charge is 0.218 e. The highest BCUT2D eigenvalue weighted by Gasteiger charge is 2.34. The lowest BCUT2D eigenvalue weighted by Crippen LogP contribution is -2.29. The number of halogens is 2. The number of methoxy groups -OCH3 is 1. The first kappa shape index (κ1) is 26.1.